The fraction of sp³-hybridized carbons (Fsp3) is 0.300. The summed E-state index contributed by atoms with van der Waals surface area (Å²) >= 11 is 0. The SMILES string of the molecule is Cc1c(-c2cc3cnc(Nc4ccc(CC5CCCNC5)cc4)nc3n(CC(F)(F)F)c2=O)ncn1-c1cccnc1. The molecule has 12 heteroatoms. The zero-order valence-electron chi connectivity index (χ0n) is 22.9. The lowest BCUT2D eigenvalue weighted by atomic mass is 9.92. The van der Waals surface area contributed by atoms with E-state index >= 15 is 0 Å². The van der Waals surface area contributed by atoms with Crippen molar-refractivity contribution in [1.29, 1.82) is 0 Å². The topological polar surface area (TPSA) is 103 Å². The molecule has 1 aliphatic rings. The number of aromatic nitrogens is 6. The smallest absolute Gasteiger partial charge is 0.324 e. The van der Waals surface area contributed by atoms with Crippen molar-refractivity contribution >= 4 is 22.7 Å². The molecule has 0 amide bonds. The number of nitrogens with one attached hydrogen (secondary N) is 2. The molecule has 1 atom stereocenters. The van der Waals surface area contributed by atoms with Gasteiger partial charge in [-0.15, -0.1) is 0 Å². The molecule has 4 aromatic heterocycles. The standard InChI is InChI=1S/C30H29F3N8O/c1-19-26(37-18-41(19)24-5-3-11-35-16-24)25-13-22-15-36-29(39-27(22)40(28(25)42)17-30(31,32)33)38-23-8-6-20(7-9-23)12-21-4-2-10-34-14-21/h3,5-9,11,13,15-16,18,21,34H,2,4,10,12,14,17H2,1H3,(H,36,38,39). The van der Waals surface area contributed by atoms with Gasteiger partial charge in [0.15, 0.2) is 0 Å². The summed E-state index contributed by atoms with van der Waals surface area (Å²) in [5.41, 5.74) is 2.53. The molecule has 5 aromatic rings. The molecule has 1 unspecified atom stereocenters. The zero-order valence-corrected chi connectivity index (χ0v) is 22.9. The highest BCUT2D eigenvalue weighted by Crippen LogP contribution is 2.27. The van der Waals surface area contributed by atoms with Crippen LogP contribution in [0.3, 0.4) is 0 Å². The summed E-state index contributed by atoms with van der Waals surface area (Å²) in [6.07, 6.45) is 4.89. The molecule has 216 valence electrons. The van der Waals surface area contributed by atoms with Crippen LogP contribution in [0.2, 0.25) is 0 Å². The van der Waals surface area contributed by atoms with Gasteiger partial charge in [0.05, 0.1) is 23.1 Å². The summed E-state index contributed by atoms with van der Waals surface area (Å²) in [7, 11) is 0. The second kappa shape index (κ2) is 11.4. The fourth-order valence-corrected chi connectivity index (χ4v) is 5.43. The van der Waals surface area contributed by atoms with Gasteiger partial charge in [0, 0.05) is 29.2 Å². The minimum Gasteiger partial charge on any atom is -0.324 e. The average molecular weight is 575 g/mol. The summed E-state index contributed by atoms with van der Waals surface area (Å²) in [6.45, 7) is 2.32. The van der Waals surface area contributed by atoms with Crippen LogP contribution in [0.1, 0.15) is 24.1 Å². The van der Waals surface area contributed by atoms with Crippen molar-refractivity contribution in [1.82, 2.24) is 34.4 Å². The molecule has 2 N–H and O–H groups in total. The number of hydrogen-bond donors (Lipinski definition) is 2. The highest BCUT2D eigenvalue weighted by molar-refractivity contribution is 5.81. The van der Waals surface area contributed by atoms with Crippen LogP contribution < -0.4 is 16.2 Å². The van der Waals surface area contributed by atoms with Gasteiger partial charge in [-0.1, -0.05) is 12.1 Å². The second-order valence-electron chi connectivity index (χ2n) is 10.5. The summed E-state index contributed by atoms with van der Waals surface area (Å²) < 4.78 is 43.4. The van der Waals surface area contributed by atoms with Crippen molar-refractivity contribution in [3.05, 3.63) is 89.0 Å². The van der Waals surface area contributed by atoms with Gasteiger partial charge >= 0.3 is 6.18 Å². The Kier molecular flexibility index (Phi) is 7.46. The number of rotatable bonds is 7. The quantitative estimate of drug-likeness (QED) is 0.276. The van der Waals surface area contributed by atoms with Crippen LogP contribution >= 0.6 is 0 Å². The average Bonchev–Trinajstić information content (AvgIpc) is 3.37. The van der Waals surface area contributed by atoms with E-state index in [0.717, 1.165) is 19.5 Å². The van der Waals surface area contributed by atoms with Crippen molar-refractivity contribution in [2.45, 2.75) is 38.9 Å². The van der Waals surface area contributed by atoms with E-state index in [1.165, 1.54) is 37.0 Å². The largest absolute Gasteiger partial charge is 0.406 e. The number of fused-ring (bicyclic) bond motifs is 1. The lowest BCUT2D eigenvalue weighted by molar-refractivity contribution is -0.140. The number of anilines is 2. The third-order valence-corrected chi connectivity index (χ3v) is 7.48. The Hall–Kier alpha value is -4.58. The normalized spacial score (nSPS) is 15.7. The first-order valence-corrected chi connectivity index (χ1v) is 13.7. The van der Waals surface area contributed by atoms with Crippen LogP contribution in [0.15, 0.2) is 72.2 Å². The molecule has 1 aromatic carbocycles. The highest BCUT2D eigenvalue weighted by Gasteiger charge is 2.31. The molecule has 1 aliphatic heterocycles. The first kappa shape index (κ1) is 27.6. The Labute approximate surface area is 239 Å². The van der Waals surface area contributed by atoms with E-state index in [1.54, 1.807) is 30.0 Å². The van der Waals surface area contributed by atoms with Gasteiger partial charge in [0.1, 0.15) is 18.5 Å². The summed E-state index contributed by atoms with van der Waals surface area (Å²) in [4.78, 5) is 30.7. The molecule has 9 nitrogen and oxygen atoms in total. The van der Waals surface area contributed by atoms with Gasteiger partial charge in [-0.25, -0.2) is 9.97 Å². The first-order valence-electron chi connectivity index (χ1n) is 13.7. The number of hydrogen-bond acceptors (Lipinski definition) is 7. The van der Waals surface area contributed by atoms with Crippen LogP contribution in [-0.4, -0.2) is 48.3 Å². The minimum atomic E-state index is -4.65. The monoisotopic (exact) mass is 574 g/mol. The molecule has 6 rings (SSSR count). The molecule has 5 heterocycles. The lowest BCUT2D eigenvalue weighted by Gasteiger charge is -2.22. The second-order valence-corrected chi connectivity index (χ2v) is 10.5. The molecule has 0 radical (unpaired) electrons. The number of nitrogens with zero attached hydrogens (tertiary/aromatic N) is 6. The van der Waals surface area contributed by atoms with Gasteiger partial charge in [-0.2, -0.15) is 18.2 Å². The summed E-state index contributed by atoms with van der Waals surface area (Å²) in [6, 6.07) is 12.9. The third-order valence-electron chi connectivity index (χ3n) is 7.48. The predicted octanol–water partition coefficient (Wildman–Crippen LogP) is 5.20. The van der Waals surface area contributed by atoms with Gasteiger partial charge in [0.25, 0.3) is 5.56 Å². The molecule has 0 bridgehead atoms. The maximum absolute atomic E-state index is 13.7. The molecular weight excluding hydrogens is 545 g/mol. The Morgan fingerprint density at radius 2 is 1.95 bits per heavy atom. The van der Waals surface area contributed by atoms with Crippen LogP contribution in [0, 0.1) is 12.8 Å². The summed E-state index contributed by atoms with van der Waals surface area (Å²) in [5, 5.41) is 6.77. The van der Waals surface area contributed by atoms with Gasteiger partial charge in [-0.3, -0.25) is 14.3 Å². The lowest BCUT2D eigenvalue weighted by Crippen LogP contribution is -2.30. The molecular formula is C30H29F3N8O. The van der Waals surface area contributed by atoms with Crippen molar-refractivity contribution in [2.75, 3.05) is 18.4 Å². The van der Waals surface area contributed by atoms with Crippen LogP contribution in [-0.2, 0) is 13.0 Å². The number of piperidine rings is 1. The van der Waals surface area contributed by atoms with Gasteiger partial charge in [0.2, 0.25) is 5.95 Å². The molecule has 0 saturated carbocycles. The van der Waals surface area contributed by atoms with Crippen LogP contribution in [0.25, 0.3) is 28.0 Å². The van der Waals surface area contributed by atoms with Gasteiger partial charge in [-0.05, 0) is 81.1 Å². The number of benzene rings is 1. The van der Waals surface area contributed by atoms with Crippen molar-refractivity contribution in [2.24, 2.45) is 5.92 Å². The summed E-state index contributed by atoms with van der Waals surface area (Å²) in [5.74, 6) is 0.691. The maximum Gasteiger partial charge on any atom is 0.406 e. The van der Waals surface area contributed by atoms with Crippen LogP contribution in [0.5, 0.6) is 0 Å². The Morgan fingerprint density at radius 1 is 1.12 bits per heavy atom. The Bertz CT molecular complexity index is 1760. The maximum atomic E-state index is 13.7. The van der Waals surface area contributed by atoms with E-state index in [9.17, 15) is 18.0 Å². The number of pyridine rings is 2. The fourth-order valence-electron chi connectivity index (χ4n) is 5.43. The van der Waals surface area contributed by atoms with E-state index in [4.69, 9.17) is 0 Å². The molecule has 1 fully saturated rings. The molecule has 0 spiro atoms. The zero-order chi connectivity index (χ0) is 29.3. The van der Waals surface area contributed by atoms with E-state index < -0.39 is 18.3 Å². The van der Waals surface area contributed by atoms with E-state index in [0.29, 0.717) is 27.6 Å². The van der Waals surface area contributed by atoms with Crippen molar-refractivity contribution in [3.8, 4) is 16.9 Å². The molecule has 42 heavy (non-hydrogen) atoms. The van der Waals surface area contributed by atoms with Crippen molar-refractivity contribution < 1.29 is 13.2 Å². The Balaban J connectivity index is 1.33. The number of halogens is 3. The van der Waals surface area contributed by atoms with E-state index in [1.807, 2.05) is 30.3 Å². The third kappa shape index (κ3) is 5.89. The number of alkyl halides is 3. The predicted molar refractivity (Wildman–Crippen MR) is 154 cm³/mol. The van der Waals surface area contributed by atoms with Crippen molar-refractivity contribution in [3.63, 3.8) is 0 Å². The number of imidazole rings is 1. The highest BCUT2D eigenvalue weighted by atomic mass is 19.4. The minimum absolute atomic E-state index is 0.0277. The molecule has 0 aliphatic carbocycles. The van der Waals surface area contributed by atoms with Crippen LogP contribution in [0.4, 0.5) is 24.8 Å². The van der Waals surface area contributed by atoms with E-state index in [2.05, 4.69) is 30.6 Å². The van der Waals surface area contributed by atoms with E-state index in [-0.39, 0.29) is 28.2 Å². The Morgan fingerprint density at radius 3 is 2.67 bits per heavy atom. The van der Waals surface area contributed by atoms with Gasteiger partial charge < -0.3 is 15.2 Å². The molecule has 1 saturated heterocycles. The first-order chi connectivity index (χ1) is 20.2.